The number of hydrogen-bond donors (Lipinski definition) is 4. The Morgan fingerprint density at radius 3 is 2.67 bits per heavy atom. The van der Waals surface area contributed by atoms with Crippen LogP contribution in [0.15, 0.2) is 60.9 Å². The lowest BCUT2D eigenvalue weighted by molar-refractivity contribution is 0.0926. The summed E-state index contributed by atoms with van der Waals surface area (Å²) in [5.74, 6) is 0.482. The van der Waals surface area contributed by atoms with E-state index in [0.29, 0.717) is 27.9 Å². The summed E-state index contributed by atoms with van der Waals surface area (Å²) in [7, 11) is 0. The van der Waals surface area contributed by atoms with Gasteiger partial charge in [-0.2, -0.15) is 0 Å². The summed E-state index contributed by atoms with van der Waals surface area (Å²) in [5.41, 5.74) is 9.66. The van der Waals surface area contributed by atoms with Gasteiger partial charge in [0.1, 0.15) is 0 Å². The van der Waals surface area contributed by atoms with Crippen LogP contribution in [0.1, 0.15) is 36.0 Å². The third kappa shape index (κ3) is 4.64. The van der Waals surface area contributed by atoms with Gasteiger partial charge in [0.05, 0.1) is 16.9 Å². The van der Waals surface area contributed by atoms with Crippen molar-refractivity contribution in [2.45, 2.75) is 37.8 Å². The van der Waals surface area contributed by atoms with Gasteiger partial charge in [-0.3, -0.25) is 4.79 Å². The molecule has 5 rings (SSSR count). The molecule has 0 spiro atoms. The lowest BCUT2D eigenvalue weighted by Gasteiger charge is -2.29. The summed E-state index contributed by atoms with van der Waals surface area (Å²) in [5, 5.41) is 8.16. The smallest absolute Gasteiger partial charge is 0.251 e. The van der Waals surface area contributed by atoms with Crippen molar-refractivity contribution in [3.8, 4) is 11.3 Å². The van der Waals surface area contributed by atoms with Gasteiger partial charge in [0.2, 0.25) is 5.95 Å². The predicted molar refractivity (Wildman–Crippen MR) is 132 cm³/mol. The number of aromatic amines is 1. The SMILES string of the molecule is Nc1cccc(C(=O)NC2CCC(Nc3ncc(Cl)c(-c4c[nH]c5ccccc45)n3)CC2)c1. The molecule has 33 heavy (non-hydrogen) atoms. The van der Waals surface area contributed by atoms with Crippen LogP contribution in [-0.2, 0) is 0 Å². The van der Waals surface area contributed by atoms with E-state index in [4.69, 9.17) is 22.3 Å². The van der Waals surface area contributed by atoms with E-state index >= 15 is 0 Å². The molecule has 1 aliphatic rings. The molecule has 0 atom stereocenters. The second-order valence-electron chi connectivity index (χ2n) is 8.43. The number of nitrogens with zero attached hydrogens (tertiary/aromatic N) is 2. The zero-order valence-electron chi connectivity index (χ0n) is 18.0. The number of nitrogens with two attached hydrogens (primary N) is 1. The van der Waals surface area contributed by atoms with Crippen LogP contribution in [0.3, 0.4) is 0 Å². The minimum Gasteiger partial charge on any atom is -0.399 e. The van der Waals surface area contributed by atoms with Gasteiger partial charge in [-0.1, -0.05) is 35.9 Å². The number of H-pyrrole nitrogens is 1. The van der Waals surface area contributed by atoms with Crippen LogP contribution in [0, 0.1) is 0 Å². The number of hydrogen-bond acceptors (Lipinski definition) is 5. The number of halogens is 1. The zero-order chi connectivity index (χ0) is 22.8. The third-order valence-electron chi connectivity index (χ3n) is 6.13. The molecule has 8 heteroatoms. The Balaban J connectivity index is 1.22. The van der Waals surface area contributed by atoms with Crippen LogP contribution in [-0.4, -0.2) is 32.9 Å². The highest BCUT2D eigenvalue weighted by molar-refractivity contribution is 6.33. The molecule has 0 saturated heterocycles. The summed E-state index contributed by atoms with van der Waals surface area (Å²) >= 11 is 6.44. The highest BCUT2D eigenvalue weighted by Gasteiger charge is 2.24. The zero-order valence-corrected chi connectivity index (χ0v) is 18.8. The number of nitrogen functional groups attached to an aromatic ring is 1. The quantitative estimate of drug-likeness (QED) is 0.313. The van der Waals surface area contributed by atoms with Gasteiger partial charge in [0.15, 0.2) is 0 Å². The van der Waals surface area contributed by atoms with Crippen molar-refractivity contribution in [2.24, 2.45) is 0 Å². The predicted octanol–water partition coefficient (Wildman–Crippen LogP) is 5.01. The van der Waals surface area contributed by atoms with E-state index in [1.54, 1.807) is 30.5 Å². The van der Waals surface area contributed by atoms with Crippen LogP contribution in [0.4, 0.5) is 11.6 Å². The molecule has 0 unspecified atom stereocenters. The first-order valence-corrected chi connectivity index (χ1v) is 11.5. The molecule has 0 aliphatic heterocycles. The van der Waals surface area contributed by atoms with Crippen LogP contribution in [0.25, 0.3) is 22.2 Å². The number of carbonyl (C=O) groups excluding carboxylic acids is 1. The monoisotopic (exact) mass is 460 g/mol. The van der Waals surface area contributed by atoms with Crippen molar-refractivity contribution in [3.05, 3.63) is 71.5 Å². The van der Waals surface area contributed by atoms with Gasteiger partial charge in [0.25, 0.3) is 5.91 Å². The van der Waals surface area contributed by atoms with E-state index in [9.17, 15) is 4.79 Å². The van der Waals surface area contributed by atoms with Crippen LogP contribution in [0.5, 0.6) is 0 Å². The number of anilines is 2. The summed E-state index contributed by atoms with van der Waals surface area (Å²) in [6.45, 7) is 0. The number of nitrogens with one attached hydrogen (secondary N) is 3. The first-order valence-electron chi connectivity index (χ1n) is 11.1. The second-order valence-corrected chi connectivity index (χ2v) is 8.84. The Bertz CT molecular complexity index is 1300. The highest BCUT2D eigenvalue weighted by Crippen LogP contribution is 2.32. The van der Waals surface area contributed by atoms with Crippen LogP contribution >= 0.6 is 11.6 Å². The molecule has 7 nitrogen and oxygen atoms in total. The van der Waals surface area contributed by atoms with E-state index < -0.39 is 0 Å². The minimum atomic E-state index is -0.0804. The lowest BCUT2D eigenvalue weighted by atomic mass is 9.91. The fourth-order valence-electron chi connectivity index (χ4n) is 4.41. The van der Waals surface area contributed by atoms with Crippen LogP contribution in [0.2, 0.25) is 5.02 Å². The summed E-state index contributed by atoms with van der Waals surface area (Å²) in [6.07, 6.45) is 7.16. The van der Waals surface area contributed by atoms with Crippen molar-refractivity contribution in [1.82, 2.24) is 20.3 Å². The maximum atomic E-state index is 12.5. The summed E-state index contributed by atoms with van der Waals surface area (Å²) in [4.78, 5) is 24.9. The molecule has 5 N–H and O–H groups in total. The summed E-state index contributed by atoms with van der Waals surface area (Å²) < 4.78 is 0. The second kappa shape index (κ2) is 9.11. The largest absolute Gasteiger partial charge is 0.399 e. The van der Waals surface area contributed by atoms with Gasteiger partial charge in [-0.25, -0.2) is 9.97 Å². The fourth-order valence-corrected chi connectivity index (χ4v) is 4.60. The molecule has 4 aromatic rings. The number of rotatable bonds is 5. The molecule has 0 bridgehead atoms. The molecular formula is C25H25ClN6O. The normalized spacial score (nSPS) is 18.2. The van der Waals surface area contributed by atoms with E-state index in [2.05, 4.69) is 20.6 Å². The molecule has 1 saturated carbocycles. The molecule has 2 aromatic carbocycles. The molecule has 168 valence electrons. The highest BCUT2D eigenvalue weighted by atomic mass is 35.5. The molecule has 2 heterocycles. The molecular weight excluding hydrogens is 436 g/mol. The van der Waals surface area contributed by atoms with E-state index in [0.717, 1.165) is 42.1 Å². The van der Waals surface area contributed by atoms with Gasteiger partial charge < -0.3 is 21.4 Å². The lowest BCUT2D eigenvalue weighted by Crippen LogP contribution is -2.40. The van der Waals surface area contributed by atoms with E-state index in [1.165, 1.54) is 0 Å². The van der Waals surface area contributed by atoms with Gasteiger partial charge >= 0.3 is 0 Å². The van der Waals surface area contributed by atoms with Crippen molar-refractivity contribution >= 4 is 40.0 Å². The Kier molecular flexibility index (Phi) is 5.88. The molecule has 2 aromatic heterocycles. The number of benzene rings is 2. The molecule has 1 amide bonds. The molecule has 1 fully saturated rings. The Hall–Kier alpha value is -3.58. The first kappa shape index (κ1) is 21.3. The van der Waals surface area contributed by atoms with Crippen molar-refractivity contribution in [1.29, 1.82) is 0 Å². The number of aromatic nitrogens is 3. The third-order valence-corrected chi connectivity index (χ3v) is 6.41. The molecule has 0 radical (unpaired) electrons. The maximum absolute atomic E-state index is 12.5. The Morgan fingerprint density at radius 2 is 1.85 bits per heavy atom. The van der Waals surface area contributed by atoms with Crippen molar-refractivity contribution in [2.75, 3.05) is 11.1 Å². The first-order chi connectivity index (χ1) is 16.1. The minimum absolute atomic E-state index is 0.0804. The topological polar surface area (TPSA) is 109 Å². The fraction of sp³-hybridized carbons (Fsp3) is 0.240. The molecule has 1 aliphatic carbocycles. The maximum Gasteiger partial charge on any atom is 0.251 e. The van der Waals surface area contributed by atoms with Crippen molar-refractivity contribution < 1.29 is 4.79 Å². The standard InChI is InChI=1S/C25H25ClN6O/c26-21-14-29-25(32-23(21)20-13-28-22-7-2-1-6-19(20)22)31-18-10-8-17(9-11-18)30-24(33)15-4-3-5-16(27)12-15/h1-7,12-14,17-18,28H,8-11,27H2,(H,30,33)(H,29,31,32). The Labute approximate surface area is 196 Å². The number of carbonyl (C=O) groups is 1. The van der Waals surface area contributed by atoms with Gasteiger partial charge in [-0.05, 0) is 49.9 Å². The number of amides is 1. The average molecular weight is 461 g/mol. The average Bonchev–Trinajstić information content (AvgIpc) is 3.25. The van der Waals surface area contributed by atoms with Crippen LogP contribution < -0.4 is 16.4 Å². The van der Waals surface area contributed by atoms with E-state index in [-0.39, 0.29) is 18.0 Å². The summed E-state index contributed by atoms with van der Waals surface area (Å²) in [6, 6.07) is 15.5. The number of fused-ring (bicyclic) bond motifs is 1. The Morgan fingerprint density at radius 1 is 1.06 bits per heavy atom. The van der Waals surface area contributed by atoms with Crippen molar-refractivity contribution in [3.63, 3.8) is 0 Å². The van der Waals surface area contributed by atoms with Gasteiger partial charge in [0, 0.05) is 46.0 Å². The number of para-hydroxylation sites is 1. The van der Waals surface area contributed by atoms with Gasteiger partial charge in [-0.15, -0.1) is 0 Å². The van der Waals surface area contributed by atoms with E-state index in [1.807, 2.05) is 30.5 Å².